The lowest BCUT2D eigenvalue weighted by Crippen LogP contribution is -2.60. The van der Waals surface area contributed by atoms with Crippen LogP contribution >= 0.6 is 0 Å². The normalized spacial score (nSPS) is 16.3. The quantitative estimate of drug-likeness (QED) is 0.119. The molecule has 0 radical (unpaired) electrons. The molecule has 33 heavy (non-hydrogen) atoms. The highest BCUT2D eigenvalue weighted by Gasteiger charge is 2.33. The molecule has 0 aromatic carbocycles. The largest absolute Gasteiger partial charge is 0.481 e. The van der Waals surface area contributed by atoms with E-state index in [1.54, 1.807) is 6.92 Å². The topological polar surface area (TPSA) is 251 Å². The lowest BCUT2D eigenvalue weighted by molar-refractivity contribution is -0.148. The molecule has 0 aliphatic heterocycles. The van der Waals surface area contributed by atoms with E-state index in [0.717, 1.165) is 6.92 Å². The van der Waals surface area contributed by atoms with E-state index in [1.165, 1.54) is 0 Å². The van der Waals surface area contributed by atoms with Gasteiger partial charge in [0.05, 0.1) is 18.6 Å². The second kappa shape index (κ2) is 14.0. The van der Waals surface area contributed by atoms with Crippen molar-refractivity contribution in [2.24, 2.45) is 17.4 Å². The molecule has 0 saturated heterocycles. The Morgan fingerprint density at radius 3 is 1.85 bits per heavy atom. The van der Waals surface area contributed by atoms with Gasteiger partial charge in [-0.25, -0.2) is 4.79 Å². The van der Waals surface area contributed by atoms with Crippen LogP contribution in [0.5, 0.6) is 0 Å². The molecule has 14 nitrogen and oxygen atoms in total. The summed E-state index contributed by atoms with van der Waals surface area (Å²) in [5.41, 5.74) is 11.0. The van der Waals surface area contributed by atoms with Crippen LogP contribution in [-0.4, -0.2) is 81.2 Å². The third kappa shape index (κ3) is 10.7. The number of rotatable bonds is 15. The van der Waals surface area contributed by atoms with Gasteiger partial charge in [0, 0.05) is 6.42 Å². The molecule has 0 aromatic rings. The number of hydrogen-bond acceptors (Lipinski definition) is 8. The van der Waals surface area contributed by atoms with Crippen LogP contribution in [0.1, 0.15) is 46.5 Å². The zero-order valence-electron chi connectivity index (χ0n) is 18.7. The van der Waals surface area contributed by atoms with Crippen LogP contribution < -0.4 is 27.4 Å². The molecule has 4 amide bonds. The molecule has 0 aromatic heterocycles. The Kier molecular flexibility index (Phi) is 12.6. The van der Waals surface area contributed by atoms with Crippen molar-refractivity contribution in [3.05, 3.63) is 0 Å². The maximum atomic E-state index is 12.7. The number of amides is 4. The first-order valence-corrected chi connectivity index (χ1v) is 10.3. The molecule has 6 unspecified atom stereocenters. The first-order valence-electron chi connectivity index (χ1n) is 10.3. The third-order valence-corrected chi connectivity index (χ3v) is 4.93. The van der Waals surface area contributed by atoms with Gasteiger partial charge in [-0.1, -0.05) is 20.3 Å². The summed E-state index contributed by atoms with van der Waals surface area (Å²) < 4.78 is 0. The minimum Gasteiger partial charge on any atom is -0.481 e. The van der Waals surface area contributed by atoms with E-state index in [9.17, 15) is 33.9 Å². The number of carboxylic acids is 2. The van der Waals surface area contributed by atoms with Gasteiger partial charge in [0.15, 0.2) is 0 Å². The van der Waals surface area contributed by atoms with Crippen LogP contribution in [0.15, 0.2) is 0 Å². The van der Waals surface area contributed by atoms with Crippen LogP contribution in [-0.2, 0) is 28.8 Å². The summed E-state index contributed by atoms with van der Waals surface area (Å²) in [6, 6.07) is -5.80. The van der Waals surface area contributed by atoms with E-state index < -0.39 is 72.3 Å². The highest BCUT2D eigenvalue weighted by molar-refractivity contribution is 5.95. The molecule has 0 aliphatic carbocycles. The molecular weight excluding hydrogens is 442 g/mol. The van der Waals surface area contributed by atoms with Gasteiger partial charge in [-0.3, -0.25) is 24.0 Å². The van der Waals surface area contributed by atoms with Gasteiger partial charge >= 0.3 is 11.9 Å². The standard InChI is InChI=1S/C19H33N5O9/c1-4-8(2)14(21)17(30)22-10(5-6-12(20)26)16(29)24-15(9(3)25)18(31)23-11(19(32)33)7-13(27)28/h8-11,14-15,25H,4-7,21H2,1-3H3,(H2,20,26)(H,22,30)(H,23,31)(H,24,29)(H,27,28)(H,32,33). The molecule has 0 fully saturated rings. The smallest absolute Gasteiger partial charge is 0.326 e. The van der Waals surface area contributed by atoms with Crippen molar-refractivity contribution in [2.75, 3.05) is 0 Å². The number of carboxylic acid groups (broad SMARTS) is 2. The number of hydrogen-bond donors (Lipinski definition) is 8. The molecule has 0 aliphatic rings. The van der Waals surface area contributed by atoms with Crippen LogP contribution in [0.4, 0.5) is 0 Å². The van der Waals surface area contributed by atoms with Gasteiger partial charge in [-0.15, -0.1) is 0 Å². The zero-order chi connectivity index (χ0) is 25.9. The number of carbonyl (C=O) groups excluding carboxylic acids is 4. The maximum absolute atomic E-state index is 12.7. The maximum Gasteiger partial charge on any atom is 0.326 e. The summed E-state index contributed by atoms with van der Waals surface area (Å²) in [7, 11) is 0. The number of carbonyl (C=O) groups is 6. The van der Waals surface area contributed by atoms with Crippen molar-refractivity contribution < 1.29 is 44.1 Å². The molecular formula is C19H33N5O9. The number of aliphatic hydroxyl groups is 1. The molecule has 0 saturated carbocycles. The second-order valence-corrected chi connectivity index (χ2v) is 7.70. The van der Waals surface area contributed by atoms with E-state index in [0.29, 0.717) is 6.42 Å². The number of nitrogens with two attached hydrogens (primary N) is 2. The van der Waals surface area contributed by atoms with Crippen molar-refractivity contribution in [1.29, 1.82) is 0 Å². The summed E-state index contributed by atoms with van der Waals surface area (Å²) >= 11 is 0. The highest BCUT2D eigenvalue weighted by Crippen LogP contribution is 2.07. The Hall–Kier alpha value is -3.26. The van der Waals surface area contributed by atoms with Gasteiger partial charge in [0.25, 0.3) is 0 Å². The highest BCUT2D eigenvalue weighted by atomic mass is 16.4. The van der Waals surface area contributed by atoms with Gasteiger partial charge in [-0.2, -0.15) is 0 Å². The molecule has 6 atom stereocenters. The predicted octanol–water partition coefficient (Wildman–Crippen LogP) is -2.98. The summed E-state index contributed by atoms with van der Waals surface area (Å²) in [4.78, 5) is 70.7. The summed E-state index contributed by atoms with van der Waals surface area (Å²) in [6.07, 6.45) is -2.40. The Labute approximate surface area is 190 Å². The van der Waals surface area contributed by atoms with E-state index in [2.05, 4.69) is 10.6 Å². The van der Waals surface area contributed by atoms with Crippen molar-refractivity contribution >= 4 is 35.6 Å². The molecule has 0 bridgehead atoms. The van der Waals surface area contributed by atoms with Crippen LogP contribution in [0.3, 0.4) is 0 Å². The van der Waals surface area contributed by atoms with Crippen LogP contribution in [0.25, 0.3) is 0 Å². The molecule has 0 rings (SSSR count). The van der Waals surface area contributed by atoms with Crippen LogP contribution in [0, 0.1) is 5.92 Å². The lowest BCUT2D eigenvalue weighted by atomic mass is 9.98. The Morgan fingerprint density at radius 1 is 0.879 bits per heavy atom. The second-order valence-electron chi connectivity index (χ2n) is 7.70. The fraction of sp³-hybridized carbons (Fsp3) is 0.684. The Morgan fingerprint density at radius 2 is 1.42 bits per heavy atom. The first-order chi connectivity index (χ1) is 15.2. The predicted molar refractivity (Wildman–Crippen MR) is 113 cm³/mol. The van der Waals surface area contributed by atoms with Crippen LogP contribution in [0.2, 0.25) is 0 Å². The van der Waals surface area contributed by atoms with Gasteiger partial charge in [-0.05, 0) is 19.3 Å². The number of aliphatic carboxylic acids is 2. The molecule has 14 heteroatoms. The van der Waals surface area contributed by atoms with Gasteiger partial charge < -0.3 is 42.7 Å². The van der Waals surface area contributed by atoms with E-state index in [4.69, 9.17) is 21.7 Å². The molecule has 188 valence electrons. The molecule has 0 spiro atoms. The van der Waals surface area contributed by atoms with Crippen molar-refractivity contribution in [1.82, 2.24) is 16.0 Å². The molecule has 10 N–H and O–H groups in total. The Balaban J connectivity index is 5.54. The van der Waals surface area contributed by atoms with Gasteiger partial charge in [0.1, 0.15) is 18.1 Å². The monoisotopic (exact) mass is 475 g/mol. The minimum atomic E-state index is -1.81. The fourth-order valence-electron chi connectivity index (χ4n) is 2.63. The van der Waals surface area contributed by atoms with E-state index in [1.807, 2.05) is 12.2 Å². The average Bonchev–Trinajstić information content (AvgIpc) is 2.71. The Bertz CT molecular complexity index is 743. The van der Waals surface area contributed by atoms with Gasteiger partial charge in [0.2, 0.25) is 23.6 Å². The lowest BCUT2D eigenvalue weighted by Gasteiger charge is -2.27. The summed E-state index contributed by atoms with van der Waals surface area (Å²) in [6.45, 7) is 4.68. The average molecular weight is 475 g/mol. The minimum absolute atomic E-state index is 0.219. The SMILES string of the molecule is CCC(C)C(N)C(=O)NC(CCC(N)=O)C(=O)NC(C(=O)NC(CC(=O)O)C(=O)O)C(C)O. The first kappa shape index (κ1) is 29.7. The number of nitrogens with one attached hydrogen (secondary N) is 3. The van der Waals surface area contributed by atoms with Crippen molar-refractivity contribution in [2.45, 2.75) is 76.7 Å². The third-order valence-electron chi connectivity index (χ3n) is 4.93. The summed E-state index contributed by atoms with van der Waals surface area (Å²) in [5, 5.41) is 34.3. The van der Waals surface area contributed by atoms with E-state index in [-0.39, 0.29) is 18.8 Å². The number of aliphatic hydroxyl groups excluding tert-OH is 1. The van der Waals surface area contributed by atoms with Crippen molar-refractivity contribution in [3.8, 4) is 0 Å². The van der Waals surface area contributed by atoms with Crippen molar-refractivity contribution in [3.63, 3.8) is 0 Å². The zero-order valence-corrected chi connectivity index (χ0v) is 18.7. The van der Waals surface area contributed by atoms with E-state index >= 15 is 0 Å². The fourth-order valence-corrected chi connectivity index (χ4v) is 2.63. The molecule has 0 heterocycles. The number of primary amides is 1. The summed E-state index contributed by atoms with van der Waals surface area (Å²) in [5.74, 6) is -6.91.